The van der Waals surface area contributed by atoms with E-state index in [0.29, 0.717) is 6.04 Å². The number of rotatable bonds is 14. The van der Waals surface area contributed by atoms with Crippen LogP contribution in [0.4, 0.5) is 0 Å². The molecule has 120 valence electrons. The number of nitrogens with zero attached hydrogens (tertiary/aromatic N) is 1. The van der Waals surface area contributed by atoms with Gasteiger partial charge in [-0.15, -0.1) is 0 Å². The Kier molecular flexibility index (Phi) is 11.4. The topological polar surface area (TPSA) is 12.5 Å². The summed E-state index contributed by atoms with van der Waals surface area (Å²) in [5.74, 6) is 0. The van der Waals surface area contributed by atoms with Gasteiger partial charge in [0.2, 0.25) is 0 Å². The van der Waals surface area contributed by atoms with Crippen molar-refractivity contribution in [3.8, 4) is 0 Å². The first-order chi connectivity index (χ1) is 9.88. The monoisotopic (exact) mass is 283 g/mol. The SMILES string of the molecule is CCCCCCCCCCCCC(CCC)N1CCO1. The maximum absolute atomic E-state index is 5.52. The van der Waals surface area contributed by atoms with E-state index in [2.05, 4.69) is 18.9 Å². The van der Waals surface area contributed by atoms with Gasteiger partial charge in [-0.2, -0.15) is 5.06 Å². The zero-order chi connectivity index (χ0) is 14.5. The lowest BCUT2D eigenvalue weighted by Crippen LogP contribution is -2.46. The van der Waals surface area contributed by atoms with Crippen molar-refractivity contribution in [2.75, 3.05) is 13.2 Å². The summed E-state index contributed by atoms with van der Waals surface area (Å²) in [5.41, 5.74) is 0. The van der Waals surface area contributed by atoms with E-state index in [1.54, 1.807) is 0 Å². The van der Waals surface area contributed by atoms with Gasteiger partial charge in [-0.05, 0) is 12.8 Å². The van der Waals surface area contributed by atoms with Gasteiger partial charge in [-0.1, -0.05) is 84.5 Å². The lowest BCUT2D eigenvalue weighted by Gasteiger charge is -2.37. The lowest BCUT2D eigenvalue weighted by molar-refractivity contribution is -0.272. The number of hydrogen-bond donors (Lipinski definition) is 0. The summed E-state index contributed by atoms with van der Waals surface area (Å²) >= 11 is 0. The molecular formula is C18H37NO. The van der Waals surface area contributed by atoms with E-state index in [9.17, 15) is 0 Å². The molecule has 20 heavy (non-hydrogen) atoms. The standard InChI is InChI=1S/C18H37NO/c1-3-5-6-7-8-9-10-11-12-13-15-18(14-4-2)19-16-17-20-19/h18H,3-17H2,1-2H3. The van der Waals surface area contributed by atoms with Crippen LogP contribution >= 0.6 is 0 Å². The van der Waals surface area contributed by atoms with Crippen molar-refractivity contribution < 1.29 is 4.84 Å². The normalized spacial score (nSPS) is 17.1. The van der Waals surface area contributed by atoms with Crippen LogP contribution in [-0.4, -0.2) is 24.3 Å². The Labute approximate surface area is 127 Å². The van der Waals surface area contributed by atoms with E-state index in [0.717, 1.165) is 13.2 Å². The van der Waals surface area contributed by atoms with Crippen molar-refractivity contribution in [2.24, 2.45) is 0 Å². The first-order valence-corrected chi connectivity index (χ1v) is 9.28. The van der Waals surface area contributed by atoms with Gasteiger partial charge in [0.25, 0.3) is 0 Å². The van der Waals surface area contributed by atoms with Crippen LogP contribution in [0.5, 0.6) is 0 Å². The third kappa shape index (κ3) is 8.26. The summed E-state index contributed by atoms with van der Waals surface area (Å²) in [6, 6.07) is 0.697. The molecule has 0 aromatic rings. The van der Waals surface area contributed by atoms with E-state index in [1.807, 2.05) is 0 Å². The molecule has 1 rings (SSSR count). The largest absolute Gasteiger partial charge is 0.297 e. The van der Waals surface area contributed by atoms with Crippen molar-refractivity contribution in [2.45, 2.75) is 103 Å². The highest BCUT2D eigenvalue weighted by molar-refractivity contribution is 4.69. The van der Waals surface area contributed by atoms with Crippen LogP contribution in [0.25, 0.3) is 0 Å². The summed E-state index contributed by atoms with van der Waals surface area (Å²) in [7, 11) is 0. The quantitative estimate of drug-likeness (QED) is 0.378. The second-order valence-electron chi connectivity index (χ2n) is 6.39. The Morgan fingerprint density at radius 1 is 0.750 bits per heavy atom. The van der Waals surface area contributed by atoms with E-state index in [1.165, 1.54) is 83.5 Å². The van der Waals surface area contributed by atoms with Gasteiger partial charge in [0, 0.05) is 12.6 Å². The molecule has 0 amide bonds. The van der Waals surface area contributed by atoms with Gasteiger partial charge in [0.1, 0.15) is 0 Å². The molecule has 1 unspecified atom stereocenters. The maximum Gasteiger partial charge on any atom is 0.0835 e. The molecular weight excluding hydrogens is 246 g/mol. The zero-order valence-corrected chi connectivity index (χ0v) is 14.0. The van der Waals surface area contributed by atoms with Crippen molar-refractivity contribution in [3.05, 3.63) is 0 Å². The van der Waals surface area contributed by atoms with Crippen molar-refractivity contribution in [3.63, 3.8) is 0 Å². The minimum Gasteiger partial charge on any atom is -0.297 e. The van der Waals surface area contributed by atoms with E-state index in [-0.39, 0.29) is 0 Å². The molecule has 0 bridgehead atoms. The first-order valence-electron chi connectivity index (χ1n) is 9.28. The van der Waals surface area contributed by atoms with E-state index >= 15 is 0 Å². The molecule has 0 radical (unpaired) electrons. The average molecular weight is 284 g/mol. The van der Waals surface area contributed by atoms with Crippen molar-refractivity contribution >= 4 is 0 Å². The Hall–Kier alpha value is -0.0800. The molecule has 0 aromatic carbocycles. The molecule has 2 heteroatoms. The first kappa shape index (κ1) is 18.0. The molecule has 0 aromatic heterocycles. The predicted molar refractivity (Wildman–Crippen MR) is 87.8 cm³/mol. The third-order valence-corrected chi connectivity index (χ3v) is 4.49. The summed E-state index contributed by atoms with van der Waals surface area (Å²) < 4.78 is 0. The average Bonchev–Trinajstić information content (AvgIpc) is 2.39. The van der Waals surface area contributed by atoms with Crippen LogP contribution < -0.4 is 0 Å². The number of unbranched alkanes of at least 4 members (excludes halogenated alkanes) is 9. The fraction of sp³-hybridized carbons (Fsp3) is 1.00. The fourth-order valence-electron chi connectivity index (χ4n) is 3.12. The zero-order valence-electron chi connectivity index (χ0n) is 14.0. The number of hydroxylamine groups is 2. The van der Waals surface area contributed by atoms with E-state index in [4.69, 9.17) is 4.84 Å². The van der Waals surface area contributed by atoms with Gasteiger partial charge in [-0.25, -0.2) is 0 Å². The summed E-state index contributed by atoms with van der Waals surface area (Å²) in [6.07, 6.45) is 18.2. The van der Waals surface area contributed by atoms with Crippen LogP contribution in [0.2, 0.25) is 0 Å². The number of hydrogen-bond acceptors (Lipinski definition) is 2. The molecule has 1 heterocycles. The van der Waals surface area contributed by atoms with Gasteiger partial charge in [0.05, 0.1) is 6.61 Å². The highest BCUT2D eigenvalue weighted by Crippen LogP contribution is 2.20. The second kappa shape index (κ2) is 12.6. The van der Waals surface area contributed by atoms with Crippen LogP contribution in [0.1, 0.15) is 97.3 Å². The molecule has 0 saturated carbocycles. The van der Waals surface area contributed by atoms with Crippen LogP contribution in [0, 0.1) is 0 Å². The fourth-order valence-corrected chi connectivity index (χ4v) is 3.12. The molecule has 2 nitrogen and oxygen atoms in total. The highest BCUT2D eigenvalue weighted by atomic mass is 16.7. The van der Waals surface area contributed by atoms with Crippen LogP contribution in [-0.2, 0) is 4.84 Å². The predicted octanol–water partition coefficient (Wildman–Crippen LogP) is 5.71. The molecule has 0 N–H and O–H groups in total. The maximum atomic E-state index is 5.52. The second-order valence-corrected chi connectivity index (χ2v) is 6.39. The van der Waals surface area contributed by atoms with Gasteiger partial charge < -0.3 is 0 Å². The Morgan fingerprint density at radius 3 is 1.75 bits per heavy atom. The molecule has 1 fully saturated rings. The minimum absolute atomic E-state index is 0.697. The lowest BCUT2D eigenvalue weighted by atomic mass is 10.0. The Balaban J connectivity index is 1.85. The Bertz CT molecular complexity index is 204. The molecule has 1 aliphatic rings. The summed E-state index contributed by atoms with van der Waals surface area (Å²) in [4.78, 5) is 5.52. The van der Waals surface area contributed by atoms with Crippen LogP contribution in [0.15, 0.2) is 0 Å². The highest BCUT2D eigenvalue weighted by Gasteiger charge is 2.23. The third-order valence-electron chi connectivity index (χ3n) is 4.49. The van der Waals surface area contributed by atoms with E-state index < -0.39 is 0 Å². The van der Waals surface area contributed by atoms with Gasteiger partial charge in [-0.3, -0.25) is 4.84 Å². The van der Waals surface area contributed by atoms with Gasteiger partial charge >= 0.3 is 0 Å². The van der Waals surface area contributed by atoms with Crippen molar-refractivity contribution in [1.29, 1.82) is 0 Å². The minimum atomic E-state index is 0.697. The van der Waals surface area contributed by atoms with Gasteiger partial charge in [0.15, 0.2) is 0 Å². The van der Waals surface area contributed by atoms with Crippen LogP contribution in [0.3, 0.4) is 0 Å². The molecule has 0 aliphatic carbocycles. The molecule has 1 aliphatic heterocycles. The molecule has 0 spiro atoms. The summed E-state index contributed by atoms with van der Waals surface area (Å²) in [5, 5.41) is 2.22. The Morgan fingerprint density at radius 2 is 1.30 bits per heavy atom. The van der Waals surface area contributed by atoms with Crippen molar-refractivity contribution in [1.82, 2.24) is 5.06 Å². The molecule has 1 saturated heterocycles. The summed E-state index contributed by atoms with van der Waals surface area (Å²) in [6.45, 7) is 6.67. The smallest absolute Gasteiger partial charge is 0.0835 e. The molecule has 1 atom stereocenters.